The van der Waals surface area contributed by atoms with Crippen molar-refractivity contribution in [3.05, 3.63) is 29.1 Å². The molecular weight excluding hydrogens is 183 g/mol. The summed E-state index contributed by atoms with van der Waals surface area (Å²) in [5.41, 5.74) is 1.35. The highest BCUT2D eigenvalue weighted by Gasteiger charge is 2.09. The van der Waals surface area contributed by atoms with Crippen molar-refractivity contribution in [2.24, 2.45) is 0 Å². The van der Waals surface area contributed by atoms with Crippen LogP contribution < -0.4 is 4.74 Å². The van der Waals surface area contributed by atoms with Gasteiger partial charge in [0.15, 0.2) is 0 Å². The number of hydrogen-bond acceptors (Lipinski definition) is 2. The molecule has 0 aliphatic heterocycles. The zero-order valence-corrected chi connectivity index (χ0v) is 8.51. The summed E-state index contributed by atoms with van der Waals surface area (Å²) in [7, 11) is 1.52. The van der Waals surface area contributed by atoms with Gasteiger partial charge in [0, 0.05) is 12.2 Å². The van der Waals surface area contributed by atoms with Crippen LogP contribution in [-0.2, 0) is 12.8 Å². The van der Waals surface area contributed by atoms with Crippen molar-refractivity contribution >= 4 is 0 Å². The standard InChI is InChI=1S/C11H15FO2/c1-3-9-10(12)6-8(4-5-13)7-11(9)14-2/h6-7,13H,3-5H2,1-2H3. The monoisotopic (exact) mass is 198 g/mol. The summed E-state index contributed by atoms with van der Waals surface area (Å²) in [5.74, 6) is 0.311. The summed E-state index contributed by atoms with van der Waals surface area (Å²) >= 11 is 0. The number of aliphatic hydroxyl groups is 1. The molecule has 1 aromatic rings. The van der Waals surface area contributed by atoms with E-state index in [-0.39, 0.29) is 12.4 Å². The smallest absolute Gasteiger partial charge is 0.130 e. The van der Waals surface area contributed by atoms with Gasteiger partial charge in [0.05, 0.1) is 7.11 Å². The first kappa shape index (κ1) is 11.0. The van der Waals surface area contributed by atoms with E-state index < -0.39 is 0 Å². The third kappa shape index (κ3) is 2.23. The largest absolute Gasteiger partial charge is 0.496 e. The lowest BCUT2D eigenvalue weighted by Gasteiger charge is -2.10. The van der Waals surface area contributed by atoms with Crippen molar-refractivity contribution in [2.75, 3.05) is 13.7 Å². The van der Waals surface area contributed by atoms with Crippen LogP contribution in [0.25, 0.3) is 0 Å². The van der Waals surface area contributed by atoms with Crippen LogP contribution in [0, 0.1) is 5.82 Å². The quantitative estimate of drug-likeness (QED) is 0.801. The highest BCUT2D eigenvalue weighted by Crippen LogP contribution is 2.24. The summed E-state index contributed by atoms with van der Waals surface area (Å²) in [6, 6.07) is 3.23. The minimum absolute atomic E-state index is 0.0219. The summed E-state index contributed by atoms with van der Waals surface area (Å²) in [6.45, 7) is 1.90. The molecule has 14 heavy (non-hydrogen) atoms. The average Bonchev–Trinajstić information content (AvgIpc) is 2.17. The second-order valence-electron chi connectivity index (χ2n) is 3.09. The Balaban J connectivity index is 3.10. The van der Waals surface area contributed by atoms with Crippen molar-refractivity contribution in [1.29, 1.82) is 0 Å². The molecule has 0 aliphatic rings. The maximum atomic E-state index is 13.5. The third-order valence-corrected chi connectivity index (χ3v) is 2.19. The first-order valence-corrected chi connectivity index (χ1v) is 4.69. The van der Waals surface area contributed by atoms with Crippen LogP contribution in [-0.4, -0.2) is 18.8 Å². The lowest BCUT2D eigenvalue weighted by atomic mass is 10.1. The average molecular weight is 198 g/mol. The molecule has 1 rings (SSSR count). The van der Waals surface area contributed by atoms with Crippen LogP contribution in [0.15, 0.2) is 12.1 Å². The van der Waals surface area contributed by atoms with Crippen LogP contribution in [0.2, 0.25) is 0 Å². The summed E-state index contributed by atoms with van der Waals surface area (Å²) in [6.07, 6.45) is 1.06. The van der Waals surface area contributed by atoms with E-state index in [2.05, 4.69) is 0 Å². The van der Waals surface area contributed by atoms with Gasteiger partial charge in [-0.05, 0) is 30.5 Å². The minimum atomic E-state index is -0.254. The number of rotatable bonds is 4. The van der Waals surface area contributed by atoms with Crippen molar-refractivity contribution in [3.63, 3.8) is 0 Å². The Hall–Kier alpha value is -1.09. The molecule has 0 aromatic heterocycles. The molecule has 0 saturated carbocycles. The van der Waals surface area contributed by atoms with Gasteiger partial charge in [0.2, 0.25) is 0 Å². The molecule has 0 bridgehead atoms. The highest BCUT2D eigenvalue weighted by atomic mass is 19.1. The first-order valence-electron chi connectivity index (χ1n) is 4.69. The zero-order chi connectivity index (χ0) is 10.6. The van der Waals surface area contributed by atoms with Gasteiger partial charge in [-0.25, -0.2) is 4.39 Å². The Morgan fingerprint density at radius 1 is 1.43 bits per heavy atom. The Morgan fingerprint density at radius 2 is 2.14 bits per heavy atom. The predicted octanol–water partition coefficient (Wildman–Crippen LogP) is 1.93. The molecule has 0 aliphatic carbocycles. The molecule has 1 N–H and O–H groups in total. The molecule has 0 heterocycles. The normalized spacial score (nSPS) is 10.3. The van der Waals surface area contributed by atoms with Crippen molar-refractivity contribution in [2.45, 2.75) is 19.8 Å². The molecule has 2 nitrogen and oxygen atoms in total. The second-order valence-corrected chi connectivity index (χ2v) is 3.09. The fourth-order valence-electron chi connectivity index (χ4n) is 1.46. The van der Waals surface area contributed by atoms with Gasteiger partial charge in [-0.2, -0.15) is 0 Å². The number of benzene rings is 1. The van der Waals surface area contributed by atoms with Crippen LogP contribution in [0.5, 0.6) is 5.75 Å². The van der Waals surface area contributed by atoms with E-state index in [1.54, 1.807) is 6.07 Å². The van der Waals surface area contributed by atoms with Crippen LogP contribution in [0.4, 0.5) is 4.39 Å². The van der Waals surface area contributed by atoms with Crippen molar-refractivity contribution in [3.8, 4) is 5.75 Å². The first-order chi connectivity index (χ1) is 6.72. The van der Waals surface area contributed by atoms with Crippen molar-refractivity contribution in [1.82, 2.24) is 0 Å². The number of aliphatic hydroxyl groups excluding tert-OH is 1. The highest BCUT2D eigenvalue weighted by molar-refractivity contribution is 5.38. The maximum absolute atomic E-state index is 13.5. The van der Waals surface area contributed by atoms with Crippen LogP contribution >= 0.6 is 0 Å². The Morgan fingerprint density at radius 3 is 2.64 bits per heavy atom. The topological polar surface area (TPSA) is 29.5 Å². The molecule has 0 saturated heterocycles. The molecule has 0 fully saturated rings. The van der Waals surface area contributed by atoms with Gasteiger partial charge in [-0.15, -0.1) is 0 Å². The number of hydrogen-bond donors (Lipinski definition) is 1. The molecule has 3 heteroatoms. The zero-order valence-electron chi connectivity index (χ0n) is 8.51. The SMILES string of the molecule is CCc1c(F)cc(CCO)cc1OC. The van der Waals surface area contributed by atoms with Gasteiger partial charge in [-0.3, -0.25) is 0 Å². The van der Waals surface area contributed by atoms with Gasteiger partial charge >= 0.3 is 0 Å². The van der Waals surface area contributed by atoms with Gasteiger partial charge in [-0.1, -0.05) is 6.92 Å². The van der Waals surface area contributed by atoms with E-state index in [1.807, 2.05) is 6.92 Å². The fourth-order valence-corrected chi connectivity index (χ4v) is 1.46. The Bertz CT molecular complexity index is 310. The molecule has 1 aromatic carbocycles. The lowest BCUT2D eigenvalue weighted by Crippen LogP contribution is -1.99. The van der Waals surface area contributed by atoms with Crippen LogP contribution in [0.3, 0.4) is 0 Å². The molecule has 0 radical (unpaired) electrons. The van der Waals surface area contributed by atoms with Gasteiger partial charge < -0.3 is 9.84 Å². The lowest BCUT2D eigenvalue weighted by molar-refractivity contribution is 0.299. The van der Waals surface area contributed by atoms with Gasteiger partial charge in [0.25, 0.3) is 0 Å². The summed E-state index contributed by atoms with van der Waals surface area (Å²) in [5, 5.41) is 8.74. The van der Waals surface area contributed by atoms with E-state index in [0.717, 1.165) is 5.56 Å². The van der Waals surface area contributed by atoms with E-state index in [9.17, 15) is 4.39 Å². The maximum Gasteiger partial charge on any atom is 0.130 e. The Kier molecular flexibility index (Phi) is 3.89. The van der Waals surface area contributed by atoms with E-state index in [0.29, 0.717) is 24.2 Å². The molecule has 0 amide bonds. The Labute approximate surface area is 83.3 Å². The summed E-state index contributed by atoms with van der Waals surface area (Å²) in [4.78, 5) is 0. The van der Waals surface area contributed by atoms with Gasteiger partial charge in [0.1, 0.15) is 11.6 Å². The van der Waals surface area contributed by atoms with E-state index >= 15 is 0 Å². The number of halogens is 1. The number of ether oxygens (including phenoxy) is 1. The molecule has 0 spiro atoms. The van der Waals surface area contributed by atoms with Crippen LogP contribution in [0.1, 0.15) is 18.1 Å². The predicted molar refractivity (Wildman–Crippen MR) is 53.1 cm³/mol. The fraction of sp³-hybridized carbons (Fsp3) is 0.455. The third-order valence-electron chi connectivity index (χ3n) is 2.19. The molecule has 0 atom stereocenters. The van der Waals surface area contributed by atoms with E-state index in [4.69, 9.17) is 9.84 Å². The molecular formula is C11H15FO2. The second kappa shape index (κ2) is 4.96. The molecule has 78 valence electrons. The molecule has 0 unspecified atom stereocenters. The number of methoxy groups -OCH3 is 1. The van der Waals surface area contributed by atoms with E-state index in [1.165, 1.54) is 13.2 Å². The van der Waals surface area contributed by atoms with Crippen molar-refractivity contribution < 1.29 is 14.2 Å². The summed E-state index contributed by atoms with van der Waals surface area (Å²) < 4.78 is 18.5. The minimum Gasteiger partial charge on any atom is -0.496 e.